The third-order valence-corrected chi connectivity index (χ3v) is 5.29. The second kappa shape index (κ2) is 6.54. The van der Waals surface area contributed by atoms with Crippen molar-refractivity contribution < 1.29 is 8.42 Å². The number of sulfonamides is 1. The predicted octanol–water partition coefficient (Wildman–Crippen LogP) is 1.78. The lowest BCUT2D eigenvalue weighted by Crippen LogP contribution is -2.19. The molecule has 0 saturated carbocycles. The van der Waals surface area contributed by atoms with Crippen LogP contribution < -0.4 is 10.0 Å². The van der Waals surface area contributed by atoms with E-state index in [1.165, 1.54) is 11.3 Å². The van der Waals surface area contributed by atoms with E-state index in [-0.39, 0.29) is 4.90 Å². The zero-order chi connectivity index (χ0) is 15.5. The molecule has 0 atom stereocenters. The molecule has 2 aromatic rings. The molecule has 7 nitrogen and oxygen atoms in total. The Balaban J connectivity index is 2.24. The van der Waals surface area contributed by atoms with Gasteiger partial charge < -0.3 is 5.32 Å². The highest BCUT2D eigenvalue weighted by Crippen LogP contribution is 2.24. The Morgan fingerprint density at radius 1 is 1.38 bits per heavy atom. The molecule has 0 aliphatic carbocycles. The molecule has 0 aliphatic heterocycles. The Bertz CT molecular complexity index is 705. The van der Waals surface area contributed by atoms with Crippen molar-refractivity contribution in [3.63, 3.8) is 0 Å². The summed E-state index contributed by atoms with van der Waals surface area (Å²) in [5.41, 5.74) is 1.01. The van der Waals surface area contributed by atoms with Crippen molar-refractivity contribution >= 4 is 26.5 Å². The summed E-state index contributed by atoms with van der Waals surface area (Å²) < 4.78 is 27.5. The molecule has 0 fully saturated rings. The van der Waals surface area contributed by atoms with Gasteiger partial charge in [-0.3, -0.25) is 9.82 Å². The standard InChI is InChI=1S/C12H19N5O2S2/c1-4-5-13-7-10-11(9(3)15-16-10)21(18,19)17-12-14-6-8(2)20-12/h6,13H,4-5,7H2,1-3H3,(H,14,17)(H,15,16). The topological polar surface area (TPSA) is 99.8 Å². The second-order valence-electron chi connectivity index (χ2n) is 4.68. The normalized spacial score (nSPS) is 11.8. The summed E-state index contributed by atoms with van der Waals surface area (Å²) in [6, 6.07) is 0. The summed E-state index contributed by atoms with van der Waals surface area (Å²) in [7, 11) is -3.69. The van der Waals surface area contributed by atoms with Crippen molar-refractivity contribution in [3.05, 3.63) is 22.5 Å². The van der Waals surface area contributed by atoms with Gasteiger partial charge in [-0.15, -0.1) is 11.3 Å². The molecule has 0 unspecified atom stereocenters. The number of nitrogens with one attached hydrogen (secondary N) is 3. The van der Waals surface area contributed by atoms with Crippen molar-refractivity contribution in [3.8, 4) is 0 Å². The Morgan fingerprint density at radius 3 is 2.76 bits per heavy atom. The van der Waals surface area contributed by atoms with Gasteiger partial charge in [0.15, 0.2) is 5.13 Å². The van der Waals surface area contributed by atoms with Crippen LogP contribution in [0, 0.1) is 13.8 Å². The zero-order valence-electron chi connectivity index (χ0n) is 12.2. The molecule has 116 valence electrons. The fourth-order valence-electron chi connectivity index (χ4n) is 1.90. The number of nitrogens with zero attached hydrogens (tertiary/aromatic N) is 2. The number of aromatic amines is 1. The lowest BCUT2D eigenvalue weighted by molar-refractivity contribution is 0.596. The summed E-state index contributed by atoms with van der Waals surface area (Å²) >= 11 is 1.30. The lowest BCUT2D eigenvalue weighted by atomic mass is 10.3. The highest BCUT2D eigenvalue weighted by Gasteiger charge is 2.25. The average molecular weight is 329 g/mol. The van der Waals surface area contributed by atoms with Gasteiger partial charge in [0.05, 0.1) is 11.4 Å². The number of rotatable bonds is 7. The minimum atomic E-state index is -3.69. The van der Waals surface area contributed by atoms with Crippen LogP contribution in [0.15, 0.2) is 11.1 Å². The average Bonchev–Trinajstić information content (AvgIpc) is 2.96. The largest absolute Gasteiger partial charge is 0.311 e. The second-order valence-corrected chi connectivity index (χ2v) is 7.54. The summed E-state index contributed by atoms with van der Waals surface area (Å²) in [5.74, 6) is 0. The first kappa shape index (κ1) is 15.9. The third kappa shape index (κ3) is 3.80. The molecule has 2 heterocycles. The van der Waals surface area contributed by atoms with Gasteiger partial charge in [0.2, 0.25) is 0 Å². The first-order valence-corrected chi connectivity index (χ1v) is 8.93. The summed E-state index contributed by atoms with van der Waals surface area (Å²) in [6.45, 7) is 6.83. The number of hydrogen-bond donors (Lipinski definition) is 3. The van der Waals surface area contributed by atoms with E-state index in [9.17, 15) is 8.42 Å². The van der Waals surface area contributed by atoms with E-state index in [0.717, 1.165) is 17.8 Å². The van der Waals surface area contributed by atoms with Crippen molar-refractivity contribution in [2.24, 2.45) is 0 Å². The zero-order valence-corrected chi connectivity index (χ0v) is 13.9. The Hall–Kier alpha value is -1.45. The maximum Gasteiger partial charge on any atom is 0.267 e. The molecule has 21 heavy (non-hydrogen) atoms. The molecule has 0 radical (unpaired) electrons. The fourth-order valence-corrected chi connectivity index (χ4v) is 4.17. The molecular formula is C12H19N5O2S2. The van der Waals surface area contributed by atoms with Crippen molar-refractivity contribution in [2.45, 2.75) is 38.6 Å². The van der Waals surface area contributed by atoms with Gasteiger partial charge >= 0.3 is 0 Å². The van der Waals surface area contributed by atoms with Crippen molar-refractivity contribution in [1.29, 1.82) is 0 Å². The molecule has 2 aromatic heterocycles. The van der Waals surface area contributed by atoms with Crippen LogP contribution >= 0.6 is 11.3 Å². The van der Waals surface area contributed by atoms with Crippen LogP contribution in [0.4, 0.5) is 5.13 Å². The molecular weight excluding hydrogens is 310 g/mol. The SMILES string of the molecule is CCCNCc1n[nH]c(C)c1S(=O)(=O)Nc1ncc(C)s1. The molecule has 0 aliphatic rings. The smallest absolute Gasteiger partial charge is 0.267 e. The van der Waals surface area contributed by atoms with Gasteiger partial charge in [-0.2, -0.15) is 5.10 Å². The highest BCUT2D eigenvalue weighted by atomic mass is 32.2. The molecule has 0 bridgehead atoms. The summed E-state index contributed by atoms with van der Waals surface area (Å²) in [6.07, 6.45) is 2.61. The van der Waals surface area contributed by atoms with E-state index >= 15 is 0 Å². The van der Waals surface area contributed by atoms with E-state index in [1.54, 1.807) is 13.1 Å². The van der Waals surface area contributed by atoms with E-state index < -0.39 is 10.0 Å². The molecule has 0 spiro atoms. The minimum Gasteiger partial charge on any atom is -0.311 e. The van der Waals surface area contributed by atoms with Crippen LogP contribution in [0.2, 0.25) is 0 Å². The quantitative estimate of drug-likeness (QED) is 0.672. The van der Waals surface area contributed by atoms with Crippen LogP contribution in [-0.2, 0) is 16.6 Å². The number of anilines is 1. The molecule has 2 rings (SSSR count). The Labute approximate surface area is 128 Å². The maximum absolute atomic E-state index is 12.5. The van der Waals surface area contributed by atoms with Gasteiger partial charge in [0.25, 0.3) is 10.0 Å². The highest BCUT2D eigenvalue weighted by molar-refractivity contribution is 7.93. The van der Waals surface area contributed by atoms with E-state index in [4.69, 9.17) is 0 Å². The van der Waals surface area contributed by atoms with Crippen molar-refractivity contribution in [1.82, 2.24) is 20.5 Å². The van der Waals surface area contributed by atoms with E-state index in [0.29, 0.717) is 23.1 Å². The fraction of sp³-hybridized carbons (Fsp3) is 0.500. The lowest BCUT2D eigenvalue weighted by Gasteiger charge is -2.07. The number of H-pyrrole nitrogens is 1. The number of hydrogen-bond acceptors (Lipinski definition) is 6. The molecule has 9 heteroatoms. The first-order chi connectivity index (χ1) is 9.94. The van der Waals surface area contributed by atoms with E-state index in [2.05, 4.69) is 25.2 Å². The Morgan fingerprint density at radius 2 is 2.14 bits per heavy atom. The summed E-state index contributed by atoms with van der Waals surface area (Å²) in [4.78, 5) is 5.17. The van der Waals surface area contributed by atoms with Crippen LogP contribution in [0.25, 0.3) is 0 Å². The number of aryl methyl sites for hydroxylation is 2. The molecule has 0 saturated heterocycles. The maximum atomic E-state index is 12.5. The van der Waals surface area contributed by atoms with Gasteiger partial charge in [0.1, 0.15) is 4.90 Å². The van der Waals surface area contributed by atoms with Gasteiger partial charge in [0, 0.05) is 17.6 Å². The van der Waals surface area contributed by atoms with Crippen LogP contribution in [-0.4, -0.2) is 30.1 Å². The number of thiazole rings is 1. The monoisotopic (exact) mass is 329 g/mol. The molecule has 3 N–H and O–H groups in total. The Kier molecular flexibility index (Phi) is 4.96. The predicted molar refractivity (Wildman–Crippen MR) is 83.0 cm³/mol. The molecule has 0 amide bonds. The summed E-state index contributed by atoms with van der Waals surface area (Å²) in [5, 5.41) is 10.3. The van der Waals surface area contributed by atoms with Gasteiger partial charge in [-0.05, 0) is 26.8 Å². The van der Waals surface area contributed by atoms with Crippen LogP contribution in [0.5, 0.6) is 0 Å². The van der Waals surface area contributed by atoms with Crippen molar-refractivity contribution in [2.75, 3.05) is 11.3 Å². The molecule has 0 aromatic carbocycles. The van der Waals surface area contributed by atoms with Gasteiger partial charge in [-0.25, -0.2) is 13.4 Å². The van der Waals surface area contributed by atoms with Crippen LogP contribution in [0.3, 0.4) is 0 Å². The van der Waals surface area contributed by atoms with Gasteiger partial charge in [-0.1, -0.05) is 6.92 Å². The first-order valence-electron chi connectivity index (χ1n) is 6.64. The van der Waals surface area contributed by atoms with Crippen LogP contribution in [0.1, 0.15) is 29.6 Å². The third-order valence-electron chi connectivity index (χ3n) is 2.79. The van der Waals surface area contributed by atoms with E-state index in [1.807, 2.05) is 13.8 Å². The number of aromatic nitrogens is 3. The minimum absolute atomic E-state index is 0.193.